The molecule has 0 amide bonds. The monoisotopic (exact) mass is 407 g/mol. The van der Waals surface area contributed by atoms with Crippen molar-refractivity contribution in [1.29, 1.82) is 0 Å². The Morgan fingerprint density at radius 3 is 2.86 bits per heavy atom. The number of hydrogen-bond acceptors (Lipinski definition) is 4. The normalized spacial score (nSPS) is 14.1. The fourth-order valence-corrected chi connectivity index (χ4v) is 4.85. The molecular weight excluding hydrogens is 389 g/mol. The number of rotatable bonds is 4. The van der Waals surface area contributed by atoms with Crippen molar-refractivity contribution in [2.45, 2.75) is 32.2 Å². The maximum Gasteiger partial charge on any atom is 0.328 e. The van der Waals surface area contributed by atoms with Crippen LogP contribution in [0.2, 0.25) is 0 Å². The Labute approximate surface area is 170 Å². The summed E-state index contributed by atoms with van der Waals surface area (Å²) in [4.78, 5) is 11.1. The predicted molar refractivity (Wildman–Crippen MR) is 112 cm³/mol. The highest BCUT2D eigenvalue weighted by atomic mass is 32.1. The molecule has 0 atom stereocenters. The Morgan fingerprint density at radius 1 is 1.17 bits per heavy atom. The number of nitrogens with zero attached hydrogens (tertiary/aromatic N) is 3. The number of aryl methyl sites for hydroxylation is 1. The lowest BCUT2D eigenvalue weighted by atomic mass is 9.95. The van der Waals surface area contributed by atoms with Crippen molar-refractivity contribution in [2.75, 3.05) is 0 Å². The molecule has 2 heterocycles. The third-order valence-electron chi connectivity index (χ3n) is 5.53. The zero-order valence-electron chi connectivity index (χ0n) is 15.6. The SMILES string of the molecule is O=C(O)/C=C/c1cc(F)cc2c3c(n(Cc4ccc5nsnc5c4)c12)CCCC3. The number of fused-ring (bicyclic) bond motifs is 4. The lowest BCUT2D eigenvalue weighted by Crippen LogP contribution is -2.09. The number of benzene rings is 2. The van der Waals surface area contributed by atoms with E-state index < -0.39 is 5.97 Å². The Balaban J connectivity index is 1.72. The number of hydrogen-bond donors (Lipinski definition) is 1. The number of aromatic nitrogens is 3. The summed E-state index contributed by atoms with van der Waals surface area (Å²) in [6.07, 6.45) is 6.59. The molecule has 0 radical (unpaired) electrons. The average Bonchev–Trinajstić information content (AvgIpc) is 3.29. The van der Waals surface area contributed by atoms with E-state index in [0.717, 1.165) is 59.3 Å². The summed E-state index contributed by atoms with van der Waals surface area (Å²) < 4.78 is 25.2. The molecule has 0 spiro atoms. The van der Waals surface area contributed by atoms with Gasteiger partial charge < -0.3 is 9.67 Å². The number of carboxylic acid groups (broad SMARTS) is 1. The minimum Gasteiger partial charge on any atom is -0.478 e. The Morgan fingerprint density at radius 2 is 2.00 bits per heavy atom. The van der Waals surface area contributed by atoms with E-state index in [0.29, 0.717) is 12.1 Å². The van der Waals surface area contributed by atoms with Crippen molar-refractivity contribution < 1.29 is 14.3 Å². The fraction of sp³-hybridized carbons (Fsp3) is 0.227. The molecule has 7 heteroatoms. The number of carboxylic acids is 1. The Hall–Kier alpha value is -3.06. The summed E-state index contributed by atoms with van der Waals surface area (Å²) in [5, 5.41) is 9.95. The smallest absolute Gasteiger partial charge is 0.328 e. The number of aliphatic carboxylic acids is 1. The van der Waals surface area contributed by atoms with Gasteiger partial charge in [0.25, 0.3) is 0 Å². The van der Waals surface area contributed by atoms with Crippen LogP contribution >= 0.6 is 11.7 Å². The van der Waals surface area contributed by atoms with Gasteiger partial charge in [0.1, 0.15) is 16.9 Å². The van der Waals surface area contributed by atoms with E-state index in [1.165, 1.54) is 35.1 Å². The molecule has 5 rings (SSSR count). The lowest BCUT2D eigenvalue weighted by molar-refractivity contribution is -0.131. The van der Waals surface area contributed by atoms with Crippen LogP contribution in [0.5, 0.6) is 0 Å². The van der Waals surface area contributed by atoms with Gasteiger partial charge in [0.05, 0.1) is 17.2 Å². The molecular formula is C22H18FN3O2S. The number of halogens is 1. The van der Waals surface area contributed by atoms with Crippen molar-refractivity contribution in [3.05, 3.63) is 64.6 Å². The van der Waals surface area contributed by atoms with E-state index in [2.05, 4.69) is 13.3 Å². The van der Waals surface area contributed by atoms with Crippen LogP contribution < -0.4 is 0 Å². The second-order valence-corrected chi connectivity index (χ2v) is 7.90. The molecule has 1 N–H and O–H groups in total. The topological polar surface area (TPSA) is 68.0 Å². The highest BCUT2D eigenvalue weighted by Crippen LogP contribution is 2.36. The van der Waals surface area contributed by atoms with Gasteiger partial charge in [0, 0.05) is 29.3 Å². The molecule has 5 nitrogen and oxygen atoms in total. The fourth-order valence-electron chi connectivity index (χ4n) is 4.34. The van der Waals surface area contributed by atoms with Gasteiger partial charge in [-0.05, 0) is 67.2 Å². The molecule has 0 bridgehead atoms. The van der Waals surface area contributed by atoms with Crippen LogP contribution in [-0.2, 0) is 24.2 Å². The van der Waals surface area contributed by atoms with Gasteiger partial charge in [-0.1, -0.05) is 6.07 Å². The molecule has 4 aromatic rings. The molecule has 0 saturated heterocycles. The van der Waals surface area contributed by atoms with Crippen LogP contribution in [0.4, 0.5) is 4.39 Å². The molecule has 2 aromatic heterocycles. The summed E-state index contributed by atoms with van der Waals surface area (Å²) in [5.41, 5.74) is 6.74. The average molecular weight is 407 g/mol. The van der Waals surface area contributed by atoms with E-state index in [4.69, 9.17) is 5.11 Å². The van der Waals surface area contributed by atoms with Gasteiger partial charge in [-0.25, -0.2) is 9.18 Å². The van der Waals surface area contributed by atoms with Gasteiger partial charge in [-0.15, -0.1) is 0 Å². The van der Waals surface area contributed by atoms with Gasteiger partial charge in [0.15, 0.2) is 0 Å². The van der Waals surface area contributed by atoms with Crippen molar-refractivity contribution in [3.8, 4) is 0 Å². The third-order valence-corrected chi connectivity index (χ3v) is 6.08. The van der Waals surface area contributed by atoms with Crippen LogP contribution in [0, 0.1) is 5.82 Å². The van der Waals surface area contributed by atoms with Gasteiger partial charge in [0.2, 0.25) is 0 Å². The predicted octanol–water partition coefficient (Wildman–Crippen LogP) is 4.81. The minimum atomic E-state index is -1.05. The first-order valence-corrected chi connectivity index (χ1v) is 10.3. The van der Waals surface area contributed by atoms with Crippen LogP contribution in [-0.4, -0.2) is 24.4 Å². The first-order valence-electron chi connectivity index (χ1n) is 9.56. The summed E-state index contributed by atoms with van der Waals surface area (Å²) in [7, 11) is 0. The van der Waals surface area contributed by atoms with E-state index in [-0.39, 0.29) is 5.82 Å². The summed E-state index contributed by atoms with van der Waals surface area (Å²) in [6, 6.07) is 9.05. The van der Waals surface area contributed by atoms with Crippen molar-refractivity contribution in [1.82, 2.24) is 13.3 Å². The largest absolute Gasteiger partial charge is 0.478 e. The zero-order chi connectivity index (χ0) is 20.0. The van der Waals surface area contributed by atoms with E-state index in [9.17, 15) is 9.18 Å². The van der Waals surface area contributed by atoms with Crippen LogP contribution in [0.3, 0.4) is 0 Å². The quantitative estimate of drug-likeness (QED) is 0.493. The molecule has 0 saturated carbocycles. The van der Waals surface area contributed by atoms with Crippen molar-refractivity contribution >= 4 is 45.7 Å². The molecule has 1 aliphatic carbocycles. The summed E-state index contributed by atoms with van der Waals surface area (Å²) in [5.74, 6) is -1.39. The maximum atomic E-state index is 14.4. The van der Waals surface area contributed by atoms with Crippen LogP contribution in [0.1, 0.15) is 35.2 Å². The zero-order valence-corrected chi connectivity index (χ0v) is 16.4. The Kier molecular flexibility index (Phi) is 4.39. The minimum absolute atomic E-state index is 0.344. The van der Waals surface area contributed by atoms with Gasteiger partial charge >= 0.3 is 5.97 Å². The highest BCUT2D eigenvalue weighted by Gasteiger charge is 2.22. The first kappa shape index (κ1) is 18.0. The molecule has 0 fully saturated rings. The second-order valence-electron chi connectivity index (χ2n) is 7.37. The molecule has 146 valence electrons. The first-order chi connectivity index (χ1) is 14.1. The van der Waals surface area contributed by atoms with Crippen molar-refractivity contribution in [3.63, 3.8) is 0 Å². The standard InChI is InChI=1S/C22H18FN3O2S/c23-15-10-14(6-8-21(27)28)22-17(11-15)16-3-1-2-4-20(16)26(22)12-13-5-7-18-19(9-13)25-29-24-18/h5-11H,1-4,12H2,(H,27,28)/b8-6+. The molecule has 0 unspecified atom stereocenters. The molecule has 29 heavy (non-hydrogen) atoms. The van der Waals surface area contributed by atoms with E-state index in [1.807, 2.05) is 18.2 Å². The highest BCUT2D eigenvalue weighted by molar-refractivity contribution is 7.00. The van der Waals surface area contributed by atoms with Gasteiger partial charge in [-0.3, -0.25) is 0 Å². The maximum absolute atomic E-state index is 14.4. The van der Waals surface area contributed by atoms with Crippen molar-refractivity contribution in [2.24, 2.45) is 0 Å². The Bertz CT molecular complexity index is 1290. The van der Waals surface area contributed by atoms with Crippen LogP contribution in [0.15, 0.2) is 36.4 Å². The second kappa shape index (κ2) is 7.08. The summed E-state index contributed by atoms with van der Waals surface area (Å²) in [6.45, 7) is 0.624. The van der Waals surface area contributed by atoms with Crippen LogP contribution in [0.25, 0.3) is 28.0 Å². The van der Waals surface area contributed by atoms with E-state index >= 15 is 0 Å². The molecule has 2 aromatic carbocycles. The van der Waals surface area contributed by atoms with Gasteiger partial charge in [-0.2, -0.15) is 8.75 Å². The third kappa shape index (κ3) is 3.21. The number of carbonyl (C=O) groups is 1. The van der Waals surface area contributed by atoms with E-state index in [1.54, 1.807) is 6.07 Å². The lowest BCUT2D eigenvalue weighted by Gasteiger charge is -2.16. The molecule has 0 aliphatic heterocycles. The molecule has 1 aliphatic rings. The summed E-state index contributed by atoms with van der Waals surface area (Å²) >= 11 is 1.20.